The van der Waals surface area contributed by atoms with E-state index in [9.17, 15) is 9.90 Å². The lowest BCUT2D eigenvalue weighted by molar-refractivity contribution is -0.130. The molecule has 6 heteroatoms. The minimum Gasteiger partial charge on any atom is -0.493 e. The largest absolute Gasteiger partial charge is 0.493 e. The van der Waals surface area contributed by atoms with Gasteiger partial charge in [-0.15, -0.1) is 6.42 Å². The smallest absolute Gasteiger partial charge is 0.252 e. The van der Waals surface area contributed by atoms with Gasteiger partial charge in [-0.25, -0.2) is 0 Å². The van der Waals surface area contributed by atoms with Crippen LogP contribution in [0.15, 0.2) is 42.5 Å². The van der Waals surface area contributed by atoms with Gasteiger partial charge >= 0.3 is 0 Å². The van der Waals surface area contributed by atoms with Crippen molar-refractivity contribution in [3.05, 3.63) is 53.6 Å². The van der Waals surface area contributed by atoms with Crippen LogP contribution < -0.4 is 19.5 Å². The summed E-state index contributed by atoms with van der Waals surface area (Å²) in [4.78, 5) is 12.0. The minimum absolute atomic E-state index is 0.107. The average molecular weight is 383 g/mol. The molecule has 148 valence electrons. The molecule has 0 heterocycles. The lowest BCUT2D eigenvalue weighted by Crippen LogP contribution is -2.39. The fourth-order valence-electron chi connectivity index (χ4n) is 2.44. The molecule has 0 bridgehead atoms. The van der Waals surface area contributed by atoms with Gasteiger partial charge in [0.1, 0.15) is 19.0 Å². The number of rotatable bonds is 10. The van der Waals surface area contributed by atoms with Crippen molar-refractivity contribution in [2.45, 2.75) is 19.4 Å². The summed E-state index contributed by atoms with van der Waals surface area (Å²) in [6.45, 7) is 2.39. The molecule has 2 aromatic rings. The zero-order valence-electron chi connectivity index (χ0n) is 16.1. The first-order valence-corrected chi connectivity index (χ1v) is 8.92. The third-order valence-corrected chi connectivity index (χ3v) is 3.98. The molecule has 1 amide bonds. The van der Waals surface area contributed by atoms with Crippen molar-refractivity contribution in [2.24, 2.45) is 0 Å². The molecule has 0 aliphatic rings. The quantitative estimate of drug-likeness (QED) is 0.615. The second kappa shape index (κ2) is 10.9. The van der Waals surface area contributed by atoms with Gasteiger partial charge in [0.2, 0.25) is 0 Å². The molecule has 0 fully saturated rings. The second-order valence-corrected chi connectivity index (χ2v) is 6.16. The zero-order valence-corrected chi connectivity index (χ0v) is 16.1. The predicted molar refractivity (Wildman–Crippen MR) is 107 cm³/mol. The van der Waals surface area contributed by atoms with Gasteiger partial charge in [0, 0.05) is 6.54 Å². The number of benzene rings is 2. The first kappa shape index (κ1) is 21.1. The van der Waals surface area contributed by atoms with Crippen LogP contribution in [0.1, 0.15) is 11.1 Å². The van der Waals surface area contributed by atoms with Gasteiger partial charge in [-0.2, -0.15) is 0 Å². The number of amides is 1. The highest BCUT2D eigenvalue weighted by Crippen LogP contribution is 2.28. The molecule has 0 radical (unpaired) electrons. The molecule has 2 rings (SSSR count). The number of aryl methyl sites for hydroxylation is 1. The summed E-state index contributed by atoms with van der Waals surface area (Å²) >= 11 is 0. The van der Waals surface area contributed by atoms with Gasteiger partial charge in [0.25, 0.3) is 5.91 Å². The van der Waals surface area contributed by atoms with Crippen LogP contribution in [0.4, 0.5) is 0 Å². The van der Waals surface area contributed by atoms with Crippen molar-refractivity contribution in [1.82, 2.24) is 5.32 Å². The van der Waals surface area contributed by atoms with Crippen LogP contribution in [0, 0.1) is 19.3 Å². The number of methoxy groups -OCH3 is 1. The highest BCUT2D eigenvalue weighted by molar-refractivity contribution is 5.80. The van der Waals surface area contributed by atoms with Crippen molar-refractivity contribution in [2.75, 3.05) is 26.9 Å². The van der Waals surface area contributed by atoms with Crippen LogP contribution in [0.25, 0.3) is 0 Å². The lowest BCUT2D eigenvalue weighted by atomic mass is 10.1. The Morgan fingerprint density at radius 3 is 2.61 bits per heavy atom. The fourth-order valence-corrected chi connectivity index (χ4v) is 2.44. The van der Waals surface area contributed by atoms with Crippen LogP contribution in [-0.4, -0.2) is 44.0 Å². The van der Waals surface area contributed by atoms with Gasteiger partial charge in [-0.3, -0.25) is 4.79 Å². The molecular weight excluding hydrogens is 358 g/mol. The molecule has 0 aliphatic carbocycles. The van der Waals surface area contributed by atoms with E-state index in [-0.39, 0.29) is 13.2 Å². The molecule has 0 aromatic heterocycles. The molecule has 0 saturated heterocycles. The lowest BCUT2D eigenvalue weighted by Gasteiger charge is -2.14. The number of terminal acetylenes is 1. The Morgan fingerprint density at radius 2 is 1.93 bits per heavy atom. The third kappa shape index (κ3) is 6.53. The molecular formula is C22H25NO5. The SMILES string of the molecule is C#CCOc1ccc(CCNC(=O)C(O)COc2ccc(C)cc2)cc1OC. The number of aliphatic hydroxyl groups excluding tert-OH is 1. The van der Waals surface area contributed by atoms with Crippen LogP contribution in [0.2, 0.25) is 0 Å². The molecule has 0 aliphatic heterocycles. The van der Waals surface area contributed by atoms with Crippen molar-refractivity contribution >= 4 is 5.91 Å². The standard InChI is InChI=1S/C22H25NO5/c1-4-13-27-20-10-7-17(14-21(20)26-3)11-12-23-22(25)19(24)15-28-18-8-5-16(2)6-9-18/h1,5-10,14,19,24H,11-13,15H2,2-3H3,(H,23,25). The Hall–Kier alpha value is -3.17. The van der Waals surface area contributed by atoms with Gasteiger partial charge < -0.3 is 24.6 Å². The molecule has 2 N–H and O–H groups in total. The normalized spacial score (nSPS) is 11.2. The summed E-state index contributed by atoms with van der Waals surface area (Å²) in [7, 11) is 1.55. The maximum absolute atomic E-state index is 12.0. The van der Waals surface area contributed by atoms with Gasteiger partial charge in [-0.1, -0.05) is 29.7 Å². The summed E-state index contributed by atoms with van der Waals surface area (Å²) in [6.07, 6.45) is 4.52. The van der Waals surface area contributed by atoms with Crippen LogP contribution in [-0.2, 0) is 11.2 Å². The summed E-state index contributed by atoms with van der Waals surface area (Å²) in [5.74, 6) is 3.67. The Kier molecular flexibility index (Phi) is 8.19. The molecule has 0 spiro atoms. The van der Waals surface area contributed by atoms with Crippen LogP contribution in [0.3, 0.4) is 0 Å². The fraction of sp³-hybridized carbons (Fsp3) is 0.318. The van der Waals surface area contributed by atoms with E-state index in [0.717, 1.165) is 11.1 Å². The second-order valence-electron chi connectivity index (χ2n) is 6.16. The van der Waals surface area contributed by atoms with Gasteiger partial charge in [0.15, 0.2) is 17.6 Å². The summed E-state index contributed by atoms with van der Waals surface area (Å²) in [6, 6.07) is 12.9. The number of ether oxygens (including phenoxy) is 3. The number of carbonyl (C=O) groups is 1. The van der Waals surface area contributed by atoms with Crippen molar-refractivity contribution in [1.29, 1.82) is 0 Å². The molecule has 6 nitrogen and oxygen atoms in total. The monoisotopic (exact) mass is 383 g/mol. The Bertz CT molecular complexity index is 811. The Balaban J connectivity index is 1.77. The van der Waals surface area contributed by atoms with E-state index in [2.05, 4.69) is 11.2 Å². The van der Waals surface area contributed by atoms with E-state index in [4.69, 9.17) is 20.6 Å². The summed E-state index contributed by atoms with van der Waals surface area (Å²) in [5.41, 5.74) is 2.06. The number of nitrogens with one attached hydrogen (secondary N) is 1. The Labute approximate surface area is 165 Å². The van der Waals surface area contributed by atoms with E-state index in [1.807, 2.05) is 31.2 Å². The molecule has 0 saturated carbocycles. The number of hydrogen-bond acceptors (Lipinski definition) is 5. The molecule has 1 atom stereocenters. The van der Waals surface area contributed by atoms with E-state index in [1.54, 1.807) is 25.3 Å². The van der Waals surface area contributed by atoms with Crippen LogP contribution >= 0.6 is 0 Å². The highest BCUT2D eigenvalue weighted by Gasteiger charge is 2.15. The van der Waals surface area contributed by atoms with Gasteiger partial charge in [0.05, 0.1) is 7.11 Å². The van der Waals surface area contributed by atoms with E-state index >= 15 is 0 Å². The number of carbonyl (C=O) groups excluding carboxylic acids is 1. The maximum Gasteiger partial charge on any atom is 0.252 e. The number of aliphatic hydroxyl groups is 1. The van der Waals surface area contributed by atoms with Crippen molar-refractivity contribution in [3.8, 4) is 29.6 Å². The van der Waals surface area contributed by atoms with Crippen molar-refractivity contribution in [3.63, 3.8) is 0 Å². The summed E-state index contributed by atoms with van der Waals surface area (Å²) < 4.78 is 16.1. The first-order valence-electron chi connectivity index (χ1n) is 8.92. The highest BCUT2D eigenvalue weighted by atomic mass is 16.5. The first-order chi connectivity index (χ1) is 13.5. The minimum atomic E-state index is -1.24. The molecule has 28 heavy (non-hydrogen) atoms. The average Bonchev–Trinajstić information content (AvgIpc) is 2.71. The third-order valence-electron chi connectivity index (χ3n) is 3.98. The summed E-state index contributed by atoms with van der Waals surface area (Å²) in [5, 5.41) is 12.6. The predicted octanol–water partition coefficient (Wildman–Crippen LogP) is 2.11. The number of hydrogen-bond donors (Lipinski definition) is 2. The van der Waals surface area contributed by atoms with E-state index < -0.39 is 12.0 Å². The van der Waals surface area contributed by atoms with Crippen molar-refractivity contribution < 1.29 is 24.1 Å². The van der Waals surface area contributed by atoms with E-state index in [1.165, 1.54) is 0 Å². The molecule has 2 aromatic carbocycles. The van der Waals surface area contributed by atoms with Crippen LogP contribution in [0.5, 0.6) is 17.2 Å². The van der Waals surface area contributed by atoms with Gasteiger partial charge in [-0.05, 0) is 43.2 Å². The van der Waals surface area contributed by atoms with E-state index in [0.29, 0.717) is 30.2 Å². The Morgan fingerprint density at radius 1 is 1.18 bits per heavy atom. The molecule has 1 unspecified atom stereocenters. The zero-order chi connectivity index (χ0) is 20.4. The topological polar surface area (TPSA) is 77.0 Å². The maximum atomic E-state index is 12.0.